The Labute approximate surface area is 125 Å². The van der Waals surface area contributed by atoms with Crippen LogP contribution in [0.3, 0.4) is 0 Å². The van der Waals surface area contributed by atoms with Crippen LogP contribution in [0, 0.1) is 0 Å². The predicted molar refractivity (Wildman–Crippen MR) is 89.9 cm³/mol. The molecule has 0 fully saturated rings. The van der Waals surface area contributed by atoms with E-state index in [2.05, 4.69) is 29.9 Å². The van der Waals surface area contributed by atoms with Crippen LogP contribution in [0.1, 0.15) is 71.1 Å². The van der Waals surface area contributed by atoms with Crippen LogP contribution >= 0.6 is 0 Å². The van der Waals surface area contributed by atoms with Gasteiger partial charge < -0.3 is 5.43 Å². The molecule has 0 bridgehead atoms. The maximum absolute atomic E-state index is 3.28. The van der Waals surface area contributed by atoms with Crippen LogP contribution in [0.4, 0.5) is 5.69 Å². The highest BCUT2D eigenvalue weighted by Gasteiger charge is 1.93. The second-order valence-corrected chi connectivity index (χ2v) is 5.60. The van der Waals surface area contributed by atoms with E-state index in [1.54, 1.807) is 0 Å². The van der Waals surface area contributed by atoms with Gasteiger partial charge in [-0.15, -0.1) is 0 Å². The number of hydrogen-bond donors (Lipinski definition) is 2. The van der Waals surface area contributed by atoms with Crippen LogP contribution in [-0.4, -0.2) is 6.54 Å². The first-order valence-electron chi connectivity index (χ1n) is 8.47. The number of hydrazine groups is 1. The monoisotopic (exact) mass is 276 g/mol. The molecule has 0 aliphatic carbocycles. The van der Waals surface area contributed by atoms with E-state index < -0.39 is 0 Å². The van der Waals surface area contributed by atoms with Gasteiger partial charge in [-0.2, -0.15) is 0 Å². The van der Waals surface area contributed by atoms with Crippen molar-refractivity contribution in [3.63, 3.8) is 0 Å². The summed E-state index contributed by atoms with van der Waals surface area (Å²) in [7, 11) is 0. The number of hydrogen-bond acceptors (Lipinski definition) is 2. The lowest BCUT2D eigenvalue weighted by Gasteiger charge is -2.08. The first-order chi connectivity index (χ1) is 9.93. The van der Waals surface area contributed by atoms with Gasteiger partial charge in [0, 0.05) is 12.2 Å². The minimum absolute atomic E-state index is 1.05. The maximum Gasteiger partial charge on any atom is 0.0487 e. The van der Waals surface area contributed by atoms with Gasteiger partial charge in [0.1, 0.15) is 0 Å². The third-order valence-corrected chi connectivity index (χ3v) is 3.66. The van der Waals surface area contributed by atoms with Crippen molar-refractivity contribution in [2.24, 2.45) is 0 Å². The van der Waals surface area contributed by atoms with Crippen molar-refractivity contribution in [1.29, 1.82) is 0 Å². The Morgan fingerprint density at radius 1 is 0.700 bits per heavy atom. The summed E-state index contributed by atoms with van der Waals surface area (Å²) in [6.45, 7) is 3.33. The molecular formula is C18H32N2. The molecule has 0 aliphatic heterocycles. The molecule has 0 radical (unpaired) electrons. The Hall–Kier alpha value is -1.02. The third kappa shape index (κ3) is 9.85. The Morgan fingerprint density at radius 2 is 1.25 bits per heavy atom. The number of anilines is 1. The van der Waals surface area contributed by atoms with E-state index in [9.17, 15) is 0 Å². The second kappa shape index (κ2) is 13.0. The SMILES string of the molecule is CCCCCCCCCCCCNNc1ccccc1. The van der Waals surface area contributed by atoms with Gasteiger partial charge in [0.05, 0.1) is 0 Å². The molecular weight excluding hydrogens is 244 g/mol. The fraction of sp³-hybridized carbons (Fsp3) is 0.667. The maximum atomic E-state index is 3.28. The van der Waals surface area contributed by atoms with Gasteiger partial charge in [0.2, 0.25) is 0 Å². The number of unbranched alkanes of at least 4 members (excludes halogenated alkanes) is 9. The van der Waals surface area contributed by atoms with Gasteiger partial charge in [-0.25, -0.2) is 5.43 Å². The lowest BCUT2D eigenvalue weighted by Crippen LogP contribution is -2.22. The van der Waals surface area contributed by atoms with Gasteiger partial charge in [0.15, 0.2) is 0 Å². The minimum Gasteiger partial charge on any atom is -0.322 e. The molecule has 114 valence electrons. The lowest BCUT2D eigenvalue weighted by atomic mass is 10.1. The molecule has 0 spiro atoms. The molecule has 1 aromatic rings. The summed E-state index contributed by atoms with van der Waals surface area (Å²) in [5.41, 5.74) is 7.64. The molecule has 0 heterocycles. The van der Waals surface area contributed by atoms with Gasteiger partial charge >= 0.3 is 0 Å². The number of para-hydroxylation sites is 1. The summed E-state index contributed by atoms with van der Waals surface area (Å²) in [5.74, 6) is 0. The van der Waals surface area contributed by atoms with Crippen molar-refractivity contribution >= 4 is 5.69 Å². The average molecular weight is 276 g/mol. The van der Waals surface area contributed by atoms with E-state index in [4.69, 9.17) is 0 Å². The van der Waals surface area contributed by atoms with Crippen molar-refractivity contribution in [3.8, 4) is 0 Å². The fourth-order valence-electron chi connectivity index (χ4n) is 2.39. The van der Waals surface area contributed by atoms with Crippen molar-refractivity contribution in [2.75, 3.05) is 12.0 Å². The Morgan fingerprint density at radius 3 is 1.85 bits per heavy atom. The van der Waals surface area contributed by atoms with Gasteiger partial charge in [0.25, 0.3) is 0 Å². The summed E-state index contributed by atoms with van der Waals surface area (Å²) in [5, 5.41) is 0. The normalized spacial score (nSPS) is 10.7. The molecule has 0 aliphatic rings. The van der Waals surface area contributed by atoms with E-state index in [-0.39, 0.29) is 0 Å². The van der Waals surface area contributed by atoms with Crippen molar-refractivity contribution in [1.82, 2.24) is 5.43 Å². The summed E-state index contributed by atoms with van der Waals surface area (Å²) in [6.07, 6.45) is 13.9. The smallest absolute Gasteiger partial charge is 0.0487 e. The summed E-state index contributed by atoms with van der Waals surface area (Å²) in [4.78, 5) is 0. The highest BCUT2D eigenvalue weighted by Crippen LogP contribution is 2.10. The van der Waals surface area contributed by atoms with E-state index in [1.807, 2.05) is 18.2 Å². The minimum atomic E-state index is 1.05. The van der Waals surface area contributed by atoms with E-state index in [0.717, 1.165) is 12.2 Å². The topological polar surface area (TPSA) is 24.1 Å². The van der Waals surface area contributed by atoms with Gasteiger partial charge in [-0.05, 0) is 18.6 Å². The van der Waals surface area contributed by atoms with E-state index in [1.165, 1.54) is 64.2 Å². The quantitative estimate of drug-likeness (QED) is 0.366. The number of benzene rings is 1. The number of nitrogens with one attached hydrogen (secondary N) is 2. The zero-order chi connectivity index (χ0) is 14.3. The highest BCUT2D eigenvalue weighted by atomic mass is 15.3. The van der Waals surface area contributed by atoms with Crippen molar-refractivity contribution in [2.45, 2.75) is 71.1 Å². The molecule has 1 rings (SSSR count). The predicted octanol–water partition coefficient (Wildman–Crippen LogP) is 5.52. The summed E-state index contributed by atoms with van der Waals surface area (Å²) < 4.78 is 0. The largest absolute Gasteiger partial charge is 0.322 e. The third-order valence-electron chi connectivity index (χ3n) is 3.66. The number of rotatable bonds is 13. The Kier molecular flexibility index (Phi) is 11.1. The second-order valence-electron chi connectivity index (χ2n) is 5.60. The summed E-state index contributed by atoms with van der Waals surface area (Å²) in [6, 6.07) is 10.3. The van der Waals surface area contributed by atoms with Crippen LogP contribution in [0.15, 0.2) is 30.3 Å². The molecule has 20 heavy (non-hydrogen) atoms. The zero-order valence-corrected chi connectivity index (χ0v) is 13.2. The Balaban J connectivity index is 1.77. The molecule has 0 saturated carbocycles. The van der Waals surface area contributed by atoms with Crippen molar-refractivity contribution < 1.29 is 0 Å². The Bertz CT molecular complexity index is 298. The van der Waals surface area contributed by atoms with Crippen LogP contribution in [-0.2, 0) is 0 Å². The molecule has 0 aromatic heterocycles. The van der Waals surface area contributed by atoms with E-state index >= 15 is 0 Å². The zero-order valence-electron chi connectivity index (χ0n) is 13.2. The molecule has 2 nitrogen and oxygen atoms in total. The molecule has 0 atom stereocenters. The first kappa shape index (κ1) is 17.0. The van der Waals surface area contributed by atoms with E-state index in [0.29, 0.717) is 0 Å². The van der Waals surface area contributed by atoms with Crippen LogP contribution in [0.25, 0.3) is 0 Å². The average Bonchev–Trinajstić information content (AvgIpc) is 2.49. The molecule has 0 saturated heterocycles. The molecule has 2 heteroatoms. The highest BCUT2D eigenvalue weighted by molar-refractivity contribution is 5.41. The van der Waals surface area contributed by atoms with Gasteiger partial charge in [-0.3, -0.25) is 0 Å². The first-order valence-corrected chi connectivity index (χ1v) is 8.47. The summed E-state index contributed by atoms with van der Waals surface area (Å²) >= 11 is 0. The van der Waals surface area contributed by atoms with Crippen molar-refractivity contribution in [3.05, 3.63) is 30.3 Å². The lowest BCUT2D eigenvalue weighted by molar-refractivity contribution is 0.551. The molecule has 2 N–H and O–H groups in total. The molecule has 0 unspecified atom stereocenters. The van der Waals surface area contributed by atoms with Crippen LogP contribution < -0.4 is 10.9 Å². The molecule has 0 amide bonds. The standard InChI is InChI=1S/C18H32N2/c1-2-3-4-5-6-7-8-9-10-14-17-19-20-18-15-12-11-13-16-18/h11-13,15-16,19-20H,2-10,14,17H2,1H3. The molecule has 1 aromatic carbocycles. The fourth-order valence-corrected chi connectivity index (χ4v) is 2.39. The van der Waals surface area contributed by atoms with Crippen LogP contribution in [0.2, 0.25) is 0 Å². The van der Waals surface area contributed by atoms with Crippen LogP contribution in [0.5, 0.6) is 0 Å². The van der Waals surface area contributed by atoms with Gasteiger partial charge in [-0.1, -0.05) is 82.9 Å².